The molecule has 0 saturated carbocycles. The van der Waals surface area contributed by atoms with Crippen LogP contribution < -0.4 is 10.9 Å². The molecular weight excluding hydrogens is 396 g/mol. The number of aromatic nitrogens is 3. The van der Waals surface area contributed by atoms with Crippen molar-refractivity contribution in [3.8, 4) is 21.8 Å². The van der Waals surface area contributed by atoms with Crippen LogP contribution in [0.1, 0.15) is 11.4 Å². The van der Waals surface area contributed by atoms with Crippen LogP contribution in [0.3, 0.4) is 0 Å². The SMILES string of the molecule is Cc1ccccc1NC(=O)Cn1c(C)ncc(-c2nc(-c3ccccc3)cs2)c1=O. The van der Waals surface area contributed by atoms with E-state index in [-0.39, 0.29) is 18.0 Å². The van der Waals surface area contributed by atoms with Crippen LogP contribution >= 0.6 is 11.3 Å². The predicted molar refractivity (Wildman–Crippen MR) is 120 cm³/mol. The molecule has 6 nitrogen and oxygen atoms in total. The number of thiazole rings is 1. The second kappa shape index (κ2) is 8.42. The zero-order valence-electron chi connectivity index (χ0n) is 16.6. The van der Waals surface area contributed by atoms with Gasteiger partial charge in [0.05, 0.1) is 11.3 Å². The van der Waals surface area contributed by atoms with Crippen molar-refractivity contribution in [3.63, 3.8) is 0 Å². The number of amides is 1. The van der Waals surface area contributed by atoms with Crippen molar-refractivity contribution in [2.75, 3.05) is 5.32 Å². The summed E-state index contributed by atoms with van der Waals surface area (Å²) in [5.41, 5.74) is 3.58. The van der Waals surface area contributed by atoms with Gasteiger partial charge in [-0.25, -0.2) is 9.97 Å². The number of benzene rings is 2. The third kappa shape index (κ3) is 4.06. The van der Waals surface area contributed by atoms with Crippen molar-refractivity contribution in [3.05, 3.63) is 87.9 Å². The number of carbonyl (C=O) groups is 1. The number of hydrogen-bond donors (Lipinski definition) is 1. The number of hydrogen-bond acceptors (Lipinski definition) is 5. The molecule has 0 saturated heterocycles. The molecule has 0 aliphatic rings. The summed E-state index contributed by atoms with van der Waals surface area (Å²) in [6.07, 6.45) is 1.53. The normalized spacial score (nSPS) is 10.7. The van der Waals surface area contributed by atoms with Gasteiger partial charge in [-0.1, -0.05) is 48.5 Å². The van der Waals surface area contributed by atoms with Crippen molar-refractivity contribution >= 4 is 22.9 Å². The molecular formula is C23H20N4O2S. The van der Waals surface area contributed by atoms with Gasteiger partial charge in [0.2, 0.25) is 5.91 Å². The Bertz CT molecular complexity index is 1260. The highest BCUT2D eigenvalue weighted by Crippen LogP contribution is 2.26. The summed E-state index contributed by atoms with van der Waals surface area (Å²) in [5, 5.41) is 5.36. The van der Waals surface area contributed by atoms with Gasteiger partial charge in [-0.2, -0.15) is 0 Å². The lowest BCUT2D eigenvalue weighted by Crippen LogP contribution is -2.31. The van der Waals surface area contributed by atoms with Gasteiger partial charge in [0.25, 0.3) is 5.56 Å². The molecule has 0 atom stereocenters. The molecule has 0 fully saturated rings. The third-order valence-corrected chi connectivity index (χ3v) is 5.65. The first-order valence-electron chi connectivity index (χ1n) is 9.46. The van der Waals surface area contributed by atoms with Crippen molar-refractivity contribution in [2.24, 2.45) is 0 Å². The van der Waals surface area contributed by atoms with E-state index in [4.69, 9.17) is 0 Å². The highest BCUT2D eigenvalue weighted by Gasteiger charge is 2.16. The molecule has 2 aromatic carbocycles. The molecule has 7 heteroatoms. The topological polar surface area (TPSA) is 76.9 Å². The van der Waals surface area contributed by atoms with Gasteiger partial charge in [0, 0.05) is 22.8 Å². The number of anilines is 1. The summed E-state index contributed by atoms with van der Waals surface area (Å²) in [7, 11) is 0. The fourth-order valence-corrected chi connectivity index (χ4v) is 3.92. The Morgan fingerprint density at radius 3 is 2.57 bits per heavy atom. The Kier molecular flexibility index (Phi) is 5.54. The number of para-hydroxylation sites is 1. The summed E-state index contributed by atoms with van der Waals surface area (Å²) in [6.45, 7) is 3.52. The molecule has 0 unspecified atom stereocenters. The molecule has 0 aliphatic carbocycles. The molecule has 0 bridgehead atoms. The molecule has 4 rings (SSSR count). The van der Waals surface area contributed by atoms with Crippen LogP contribution in [0.2, 0.25) is 0 Å². The van der Waals surface area contributed by atoms with E-state index in [1.54, 1.807) is 6.92 Å². The van der Waals surface area contributed by atoms with Gasteiger partial charge in [0.15, 0.2) is 0 Å². The highest BCUT2D eigenvalue weighted by molar-refractivity contribution is 7.13. The van der Waals surface area contributed by atoms with E-state index in [1.165, 1.54) is 22.1 Å². The minimum absolute atomic E-state index is 0.114. The molecule has 1 N–H and O–H groups in total. The maximum Gasteiger partial charge on any atom is 0.264 e. The van der Waals surface area contributed by atoms with E-state index < -0.39 is 0 Å². The van der Waals surface area contributed by atoms with Crippen molar-refractivity contribution < 1.29 is 4.79 Å². The van der Waals surface area contributed by atoms with Crippen LogP contribution in [-0.4, -0.2) is 20.4 Å². The van der Waals surface area contributed by atoms with E-state index >= 15 is 0 Å². The Morgan fingerprint density at radius 2 is 1.80 bits per heavy atom. The highest BCUT2D eigenvalue weighted by atomic mass is 32.1. The van der Waals surface area contributed by atoms with Gasteiger partial charge >= 0.3 is 0 Å². The summed E-state index contributed by atoms with van der Waals surface area (Å²) in [6, 6.07) is 17.3. The minimum Gasteiger partial charge on any atom is -0.324 e. The number of rotatable bonds is 5. The zero-order chi connectivity index (χ0) is 21.1. The van der Waals surface area contributed by atoms with Crippen molar-refractivity contribution in [1.29, 1.82) is 0 Å². The van der Waals surface area contributed by atoms with Crippen LogP contribution in [0.15, 0.2) is 71.0 Å². The summed E-state index contributed by atoms with van der Waals surface area (Å²) < 4.78 is 1.38. The van der Waals surface area contributed by atoms with Crippen LogP contribution in [-0.2, 0) is 11.3 Å². The molecule has 2 aromatic heterocycles. The lowest BCUT2D eigenvalue weighted by atomic mass is 10.2. The Labute approximate surface area is 177 Å². The van der Waals surface area contributed by atoms with Crippen LogP contribution in [0, 0.1) is 13.8 Å². The van der Waals surface area contributed by atoms with Crippen molar-refractivity contribution in [2.45, 2.75) is 20.4 Å². The first-order chi connectivity index (χ1) is 14.5. The lowest BCUT2D eigenvalue weighted by Gasteiger charge is -2.12. The van der Waals surface area contributed by atoms with E-state index in [2.05, 4.69) is 15.3 Å². The standard InChI is InChI=1S/C23H20N4O2S/c1-15-8-6-7-11-19(15)25-21(28)13-27-16(2)24-12-18(23(27)29)22-26-20(14-30-22)17-9-4-3-5-10-17/h3-12,14H,13H2,1-2H3,(H,25,28). The van der Waals surface area contributed by atoms with E-state index in [0.29, 0.717) is 16.4 Å². The molecule has 0 radical (unpaired) electrons. The van der Waals surface area contributed by atoms with Crippen LogP contribution in [0.5, 0.6) is 0 Å². The molecule has 30 heavy (non-hydrogen) atoms. The maximum absolute atomic E-state index is 13.1. The molecule has 4 aromatic rings. The fourth-order valence-electron chi connectivity index (χ4n) is 3.09. The van der Waals surface area contributed by atoms with Gasteiger partial charge in [-0.3, -0.25) is 14.2 Å². The molecule has 2 heterocycles. The lowest BCUT2D eigenvalue weighted by molar-refractivity contribution is -0.116. The summed E-state index contributed by atoms with van der Waals surface area (Å²) in [4.78, 5) is 34.6. The molecule has 1 amide bonds. The average Bonchev–Trinajstić information content (AvgIpc) is 3.23. The van der Waals surface area contributed by atoms with E-state index in [0.717, 1.165) is 22.5 Å². The average molecular weight is 417 g/mol. The largest absolute Gasteiger partial charge is 0.324 e. The summed E-state index contributed by atoms with van der Waals surface area (Å²) >= 11 is 1.38. The Hall–Kier alpha value is -3.58. The van der Waals surface area contributed by atoms with Gasteiger partial charge < -0.3 is 5.32 Å². The minimum atomic E-state index is -0.281. The number of nitrogens with one attached hydrogen (secondary N) is 1. The van der Waals surface area contributed by atoms with Gasteiger partial charge in [-0.15, -0.1) is 11.3 Å². The molecule has 0 aliphatic heterocycles. The smallest absolute Gasteiger partial charge is 0.264 e. The van der Waals surface area contributed by atoms with Crippen molar-refractivity contribution in [1.82, 2.24) is 14.5 Å². The first kappa shape index (κ1) is 19.7. The zero-order valence-corrected chi connectivity index (χ0v) is 17.4. The van der Waals surface area contributed by atoms with Gasteiger partial charge in [0.1, 0.15) is 17.4 Å². The third-order valence-electron chi connectivity index (χ3n) is 4.77. The van der Waals surface area contributed by atoms with Crippen LogP contribution in [0.25, 0.3) is 21.8 Å². The van der Waals surface area contributed by atoms with Crippen LogP contribution in [0.4, 0.5) is 5.69 Å². The number of nitrogens with zero attached hydrogens (tertiary/aromatic N) is 3. The summed E-state index contributed by atoms with van der Waals surface area (Å²) in [5.74, 6) is 0.195. The Balaban J connectivity index is 1.61. The van der Waals surface area contributed by atoms with E-state index in [1.807, 2.05) is 66.9 Å². The Morgan fingerprint density at radius 1 is 1.07 bits per heavy atom. The number of carbonyl (C=O) groups excluding carboxylic acids is 1. The molecule has 150 valence electrons. The number of aryl methyl sites for hydroxylation is 2. The monoisotopic (exact) mass is 416 g/mol. The second-order valence-corrected chi connectivity index (χ2v) is 7.74. The van der Waals surface area contributed by atoms with Gasteiger partial charge in [-0.05, 0) is 25.5 Å². The molecule has 0 spiro atoms. The van der Waals surface area contributed by atoms with E-state index in [9.17, 15) is 9.59 Å². The first-order valence-corrected chi connectivity index (χ1v) is 10.3. The fraction of sp³-hybridized carbons (Fsp3) is 0.130. The quantitative estimate of drug-likeness (QED) is 0.527. The maximum atomic E-state index is 13.1. The second-order valence-electron chi connectivity index (χ2n) is 6.88. The predicted octanol–water partition coefficient (Wildman–Crippen LogP) is 4.29.